The number of thioether (sulfide) groups is 1. The van der Waals surface area contributed by atoms with Crippen molar-refractivity contribution in [3.63, 3.8) is 0 Å². The summed E-state index contributed by atoms with van der Waals surface area (Å²) in [6.45, 7) is 0.372. The van der Waals surface area contributed by atoms with E-state index < -0.39 is 11.7 Å². The fraction of sp³-hybridized carbons (Fsp3) is 0.364. The van der Waals surface area contributed by atoms with Crippen LogP contribution in [0.3, 0.4) is 0 Å². The zero-order chi connectivity index (χ0) is 12.9. The molecule has 0 saturated carbocycles. The van der Waals surface area contributed by atoms with Crippen LogP contribution in [0.15, 0.2) is 23.1 Å². The van der Waals surface area contributed by atoms with Crippen LogP contribution in [-0.4, -0.2) is 25.8 Å². The maximum Gasteiger partial charge on any atom is 0.417 e. The molecule has 0 amide bonds. The number of carbonyl (C=O) groups is 1. The molecule has 0 fully saturated rings. The van der Waals surface area contributed by atoms with Gasteiger partial charge in [-0.1, -0.05) is 6.07 Å². The predicted molar refractivity (Wildman–Crippen MR) is 59.4 cm³/mol. The minimum absolute atomic E-state index is 0.0217. The van der Waals surface area contributed by atoms with Crippen LogP contribution in [0.5, 0.6) is 0 Å². The van der Waals surface area contributed by atoms with Crippen molar-refractivity contribution >= 4 is 18.0 Å². The largest absolute Gasteiger partial charge is 0.417 e. The van der Waals surface area contributed by atoms with Crippen molar-refractivity contribution in [3.8, 4) is 0 Å². The van der Waals surface area contributed by atoms with Gasteiger partial charge in [-0.2, -0.15) is 13.2 Å². The van der Waals surface area contributed by atoms with E-state index >= 15 is 0 Å². The molecule has 1 aromatic rings. The topological polar surface area (TPSA) is 26.3 Å². The first-order chi connectivity index (χ1) is 7.99. The molecule has 0 atom stereocenters. The Kier molecular flexibility index (Phi) is 5.02. The van der Waals surface area contributed by atoms with Gasteiger partial charge in [0.25, 0.3) is 0 Å². The highest BCUT2D eigenvalue weighted by molar-refractivity contribution is 7.99. The minimum Gasteiger partial charge on any atom is -0.384 e. The summed E-state index contributed by atoms with van der Waals surface area (Å²) >= 11 is 1.06. The summed E-state index contributed by atoms with van der Waals surface area (Å²) in [6.07, 6.45) is -4.05. The molecular formula is C11H11F3O2S. The normalized spacial score (nSPS) is 11.5. The first-order valence-corrected chi connectivity index (χ1v) is 5.75. The van der Waals surface area contributed by atoms with Crippen LogP contribution in [0.4, 0.5) is 13.2 Å². The molecule has 0 unspecified atom stereocenters. The van der Waals surface area contributed by atoms with Gasteiger partial charge in [-0.15, -0.1) is 11.8 Å². The fourth-order valence-electron chi connectivity index (χ4n) is 1.20. The van der Waals surface area contributed by atoms with Gasteiger partial charge >= 0.3 is 6.18 Å². The van der Waals surface area contributed by atoms with Crippen molar-refractivity contribution in [2.75, 3.05) is 19.5 Å². The molecule has 2 nitrogen and oxygen atoms in total. The molecule has 0 aliphatic heterocycles. The highest BCUT2D eigenvalue weighted by Gasteiger charge is 2.33. The lowest BCUT2D eigenvalue weighted by atomic mass is 10.1. The van der Waals surface area contributed by atoms with Crippen LogP contribution in [0.25, 0.3) is 0 Å². The molecule has 0 aromatic heterocycles. The van der Waals surface area contributed by atoms with Gasteiger partial charge in [0.05, 0.1) is 12.2 Å². The van der Waals surface area contributed by atoms with E-state index in [1.54, 1.807) is 0 Å². The van der Waals surface area contributed by atoms with Crippen molar-refractivity contribution in [2.45, 2.75) is 11.1 Å². The van der Waals surface area contributed by atoms with E-state index in [2.05, 4.69) is 0 Å². The number of rotatable bonds is 5. The summed E-state index contributed by atoms with van der Waals surface area (Å²) < 4.78 is 42.9. The third-order valence-electron chi connectivity index (χ3n) is 1.99. The number of hydrogen-bond acceptors (Lipinski definition) is 3. The molecule has 0 aliphatic rings. The molecule has 0 N–H and O–H groups in total. The average molecular weight is 264 g/mol. The lowest BCUT2D eigenvalue weighted by molar-refractivity contribution is -0.139. The number of aldehydes is 1. The molecule has 0 heterocycles. The molecule has 0 radical (unpaired) electrons. The van der Waals surface area contributed by atoms with Crippen molar-refractivity contribution in [2.24, 2.45) is 0 Å². The Morgan fingerprint density at radius 3 is 2.65 bits per heavy atom. The third kappa shape index (κ3) is 4.05. The van der Waals surface area contributed by atoms with Crippen LogP contribution in [0.2, 0.25) is 0 Å². The molecule has 17 heavy (non-hydrogen) atoms. The van der Waals surface area contributed by atoms with E-state index in [9.17, 15) is 18.0 Å². The van der Waals surface area contributed by atoms with Crippen LogP contribution in [0, 0.1) is 0 Å². The van der Waals surface area contributed by atoms with Gasteiger partial charge in [-0.05, 0) is 12.1 Å². The van der Waals surface area contributed by atoms with Crippen molar-refractivity contribution in [3.05, 3.63) is 29.3 Å². The van der Waals surface area contributed by atoms with Crippen LogP contribution < -0.4 is 0 Å². The number of halogens is 3. The molecule has 6 heteroatoms. The fourth-order valence-corrected chi connectivity index (χ4v) is 2.17. The summed E-state index contributed by atoms with van der Waals surface area (Å²) in [5.74, 6) is 0.431. The Morgan fingerprint density at radius 1 is 1.41 bits per heavy atom. The zero-order valence-corrected chi connectivity index (χ0v) is 9.90. The first-order valence-electron chi connectivity index (χ1n) is 4.77. The second kappa shape index (κ2) is 6.07. The van der Waals surface area contributed by atoms with Gasteiger partial charge in [-0.25, -0.2) is 0 Å². The summed E-state index contributed by atoms with van der Waals surface area (Å²) in [5.41, 5.74) is -0.753. The number of methoxy groups -OCH3 is 1. The van der Waals surface area contributed by atoms with Gasteiger partial charge in [-0.3, -0.25) is 4.79 Å². The molecule has 94 valence electrons. The first kappa shape index (κ1) is 14.1. The van der Waals surface area contributed by atoms with Gasteiger partial charge in [0, 0.05) is 23.3 Å². The number of hydrogen-bond donors (Lipinski definition) is 0. The molecular weight excluding hydrogens is 253 g/mol. The van der Waals surface area contributed by atoms with Gasteiger partial charge in [0.2, 0.25) is 0 Å². The summed E-state index contributed by atoms with van der Waals surface area (Å²) in [5, 5.41) is 0. The van der Waals surface area contributed by atoms with Crippen molar-refractivity contribution in [1.82, 2.24) is 0 Å². The van der Waals surface area contributed by atoms with Crippen LogP contribution in [-0.2, 0) is 10.9 Å². The Balaban J connectivity index is 2.98. The lowest BCUT2D eigenvalue weighted by Gasteiger charge is -2.12. The average Bonchev–Trinajstić information content (AvgIpc) is 2.28. The van der Waals surface area contributed by atoms with Gasteiger partial charge < -0.3 is 4.74 Å². The number of carbonyl (C=O) groups excluding carboxylic acids is 1. The van der Waals surface area contributed by atoms with E-state index in [1.807, 2.05) is 0 Å². The number of benzene rings is 1. The molecule has 1 rings (SSSR count). The third-order valence-corrected chi connectivity index (χ3v) is 3.03. The second-order valence-corrected chi connectivity index (χ2v) is 4.35. The minimum atomic E-state index is -4.45. The molecule has 0 bridgehead atoms. The highest BCUT2D eigenvalue weighted by atomic mass is 32.2. The van der Waals surface area contributed by atoms with Crippen LogP contribution in [0.1, 0.15) is 15.9 Å². The van der Waals surface area contributed by atoms with Gasteiger partial charge in [0.15, 0.2) is 0 Å². The van der Waals surface area contributed by atoms with E-state index in [1.165, 1.54) is 19.2 Å². The number of alkyl halides is 3. The summed E-state index contributed by atoms with van der Waals surface area (Å²) in [4.78, 5) is 10.6. The lowest BCUT2D eigenvalue weighted by Crippen LogP contribution is -2.08. The van der Waals surface area contributed by atoms with Gasteiger partial charge in [0.1, 0.15) is 6.29 Å². The van der Waals surface area contributed by atoms with E-state index in [-0.39, 0.29) is 10.5 Å². The Morgan fingerprint density at radius 2 is 2.12 bits per heavy atom. The maximum atomic E-state index is 12.7. The molecule has 1 aromatic carbocycles. The highest BCUT2D eigenvalue weighted by Crippen LogP contribution is 2.37. The van der Waals surface area contributed by atoms with Crippen LogP contribution >= 0.6 is 11.8 Å². The van der Waals surface area contributed by atoms with Crippen molar-refractivity contribution in [1.29, 1.82) is 0 Å². The van der Waals surface area contributed by atoms with E-state index in [0.717, 1.165) is 17.8 Å². The van der Waals surface area contributed by atoms with E-state index in [4.69, 9.17) is 4.74 Å². The zero-order valence-electron chi connectivity index (χ0n) is 9.08. The molecule has 0 spiro atoms. The number of ether oxygens (including phenoxy) is 1. The molecule has 0 saturated heterocycles. The Bertz CT molecular complexity index is 391. The summed E-state index contributed by atoms with van der Waals surface area (Å²) in [7, 11) is 1.49. The maximum absolute atomic E-state index is 12.7. The second-order valence-electron chi connectivity index (χ2n) is 3.21. The van der Waals surface area contributed by atoms with Crippen molar-refractivity contribution < 1.29 is 22.7 Å². The Hall–Kier alpha value is -1.01. The monoisotopic (exact) mass is 264 g/mol. The Labute approximate surface area is 101 Å². The smallest absolute Gasteiger partial charge is 0.384 e. The predicted octanol–water partition coefficient (Wildman–Crippen LogP) is 3.26. The quantitative estimate of drug-likeness (QED) is 0.464. The molecule has 0 aliphatic carbocycles. The SMILES string of the molecule is COCCSc1ccc(C=O)cc1C(F)(F)F. The summed E-state index contributed by atoms with van der Waals surface area (Å²) in [6, 6.07) is 3.55. The van der Waals surface area contributed by atoms with E-state index in [0.29, 0.717) is 18.6 Å². The standard InChI is InChI=1S/C11H11F3O2S/c1-16-4-5-17-10-3-2-8(7-15)6-9(10)11(12,13)14/h2-3,6-7H,4-5H2,1H3.